The van der Waals surface area contributed by atoms with Crippen molar-refractivity contribution in [3.05, 3.63) is 35.9 Å². The van der Waals surface area contributed by atoms with Crippen molar-refractivity contribution in [3.8, 4) is 0 Å². The van der Waals surface area contributed by atoms with Gasteiger partial charge in [0.15, 0.2) is 26.2 Å². The highest BCUT2D eigenvalue weighted by Crippen LogP contribution is 2.63. The first-order valence-corrected chi connectivity index (χ1v) is 9.38. The van der Waals surface area contributed by atoms with Gasteiger partial charge < -0.3 is 9.47 Å². The van der Waals surface area contributed by atoms with Gasteiger partial charge in [-0.05, 0) is 0 Å². The molecule has 1 saturated carbocycles. The van der Waals surface area contributed by atoms with Gasteiger partial charge in [-0.15, -0.1) is 0 Å². The zero-order chi connectivity index (χ0) is 16.5. The molecule has 1 aliphatic carbocycles. The van der Waals surface area contributed by atoms with Crippen molar-refractivity contribution in [2.24, 2.45) is 5.41 Å². The van der Waals surface area contributed by atoms with E-state index in [1.54, 1.807) is 30.3 Å². The fourth-order valence-corrected chi connectivity index (χ4v) is 6.50. The van der Waals surface area contributed by atoms with Gasteiger partial charge in [0.05, 0.1) is 18.5 Å². The van der Waals surface area contributed by atoms with Crippen LogP contribution >= 0.6 is 0 Å². The number of sulfone groups is 1. The first-order valence-electron chi connectivity index (χ1n) is 7.84. The Morgan fingerprint density at radius 2 is 1.74 bits per heavy atom. The molecule has 2 unspecified atom stereocenters. The second-order valence-electron chi connectivity index (χ2n) is 7.65. The molecular formula is C17H20O5S. The first-order chi connectivity index (χ1) is 10.7. The monoisotopic (exact) mass is 336 g/mol. The van der Waals surface area contributed by atoms with E-state index in [9.17, 15) is 13.2 Å². The summed E-state index contributed by atoms with van der Waals surface area (Å²) in [4.78, 5) is 12.9. The maximum absolute atomic E-state index is 12.9. The van der Waals surface area contributed by atoms with E-state index < -0.39 is 25.6 Å². The number of benzene rings is 1. The summed E-state index contributed by atoms with van der Waals surface area (Å²) in [5.74, 6) is -1.24. The van der Waals surface area contributed by atoms with Crippen LogP contribution in [0.3, 0.4) is 0 Å². The molecule has 0 N–H and O–H groups in total. The van der Waals surface area contributed by atoms with Crippen LogP contribution in [0.25, 0.3) is 0 Å². The molecule has 0 radical (unpaired) electrons. The number of Topliss-reactive ketones (excluding diaryl/α,β-unsaturated/α-hetero) is 1. The average molecular weight is 336 g/mol. The minimum absolute atomic E-state index is 0.0898. The molecule has 23 heavy (non-hydrogen) atoms. The predicted molar refractivity (Wildman–Crippen MR) is 83.9 cm³/mol. The second-order valence-corrected chi connectivity index (χ2v) is 10.0. The summed E-state index contributed by atoms with van der Waals surface area (Å²) in [7, 11) is -3.42. The Balaban J connectivity index is 1.65. The number of ketones is 1. The van der Waals surface area contributed by atoms with E-state index in [2.05, 4.69) is 0 Å². The average Bonchev–Trinajstić information content (AvgIpc) is 2.85. The molecule has 2 atom stereocenters. The van der Waals surface area contributed by atoms with Crippen LogP contribution < -0.4 is 0 Å². The Bertz CT molecular complexity index is 757. The van der Waals surface area contributed by atoms with E-state index in [-0.39, 0.29) is 24.0 Å². The lowest BCUT2D eigenvalue weighted by atomic mass is 9.93. The standard InChI is InChI=1S/C17H20O5S/c1-15(2)10-21-16(22-11-15)8-13-17(9-16,23(13,19)20)14(18)12-6-4-3-5-7-12/h3-7,13H,8-11H2,1-2H3. The van der Waals surface area contributed by atoms with Crippen molar-refractivity contribution < 1.29 is 22.7 Å². The van der Waals surface area contributed by atoms with E-state index in [0.29, 0.717) is 18.8 Å². The van der Waals surface area contributed by atoms with Crippen molar-refractivity contribution in [1.82, 2.24) is 0 Å². The number of hydrogen-bond donors (Lipinski definition) is 0. The second kappa shape index (κ2) is 4.43. The van der Waals surface area contributed by atoms with E-state index >= 15 is 0 Å². The number of hydrogen-bond acceptors (Lipinski definition) is 5. The van der Waals surface area contributed by atoms with Crippen LogP contribution in [0.5, 0.6) is 0 Å². The number of carbonyl (C=O) groups excluding carboxylic acids is 1. The molecule has 0 amide bonds. The molecule has 0 aromatic heterocycles. The van der Waals surface area contributed by atoms with E-state index in [4.69, 9.17) is 9.47 Å². The molecule has 2 aliphatic heterocycles. The van der Waals surface area contributed by atoms with Crippen molar-refractivity contribution in [1.29, 1.82) is 0 Å². The summed E-state index contributed by atoms with van der Waals surface area (Å²) >= 11 is 0. The Hall–Kier alpha value is -1.24. The van der Waals surface area contributed by atoms with Crippen molar-refractivity contribution in [2.75, 3.05) is 13.2 Å². The number of carbonyl (C=O) groups is 1. The third-order valence-electron chi connectivity index (χ3n) is 5.25. The van der Waals surface area contributed by atoms with E-state index in [0.717, 1.165) is 0 Å². The molecule has 124 valence electrons. The van der Waals surface area contributed by atoms with Crippen LogP contribution in [-0.4, -0.2) is 43.2 Å². The van der Waals surface area contributed by atoms with Crippen molar-refractivity contribution in [2.45, 2.75) is 42.5 Å². The SMILES string of the molecule is CC1(C)COC2(CC3C(C(=O)c4ccccc4)(C2)S3(=O)=O)OC1. The molecule has 5 nitrogen and oxygen atoms in total. The largest absolute Gasteiger partial charge is 0.349 e. The summed E-state index contributed by atoms with van der Waals surface area (Å²) < 4.78 is 35.4. The highest BCUT2D eigenvalue weighted by Gasteiger charge is 2.83. The van der Waals surface area contributed by atoms with Gasteiger partial charge in [0, 0.05) is 23.8 Å². The Kier molecular flexibility index (Phi) is 2.95. The van der Waals surface area contributed by atoms with Gasteiger partial charge in [-0.3, -0.25) is 4.79 Å². The summed E-state index contributed by atoms with van der Waals surface area (Å²) in [6.45, 7) is 5.10. The summed E-state index contributed by atoms with van der Waals surface area (Å²) in [6.07, 6.45) is 0.362. The Labute approximate surface area is 135 Å². The molecule has 6 heteroatoms. The van der Waals surface area contributed by atoms with Gasteiger partial charge in [-0.2, -0.15) is 0 Å². The number of fused-ring (bicyclic) bond motifs is 1. The van der Waals surface area contributed by atoms with Crippen molar-refractivity contribution in [3.63, 3.8) is 0 Å². The van der Waals surface area contributed by atoms with E-state index in [1.807, 2.05) is 13.8 Å². The van der Waals surface area contributed by atoms with Crippen LogP contribution in [0.15, 0.2) is 30.3 Å². The number of ether oxygens (including phenoxy) is 2. The van der Waals surface area contributed by atoms with Crippen LogP contribution in [-0.2, 0) is 19.3 Å². The van der Waals surface area contributed by atoms with Crippen LogP contribution in [0, 0.1) is 5.41 Å². The third-order valence-corrected chi connectivity index (χ3v) is 7.94. The summed E-state index contributed by atoms with van der Waals surface area (Å²) in [5, 5.41) is -0.677. The zero-order valence-electron chi connectivity index (χ0n) is 13.2. The van der Waals surface area contributed by atoms with Crippen molar-refractivity contribution >= 4 is 15.6 Å². The topological polar surface area (TPSA) is 69.7 Å². The predicted octanol–water partition coefficient (Wildman–Crippen LogP) is 1.97. The van der Waals surface area contributed by atoms with Crippen LogP contribution in [0.4, 0.5) is 0 Å². The third kappa shape index (κ3) is 1.98. The Morgan fingerprint density at radius 3 is 2.35 bits per heavy atom. The molecular weight excluding hydrogens is 316 g/mol. The Morgan fingerprint density at radius 1 is 1.13 bits per heavy atom. The quantitative estimate of drug-likeness (QED) is 0.610. The molecule has 1 spiro atoms. The van der Waals surface area contributed by atoms with Gasteiger partial charge in [0.2, 0.25) is 0 Å². The van der Waals surface area contributed by atoms with Gasteiger partial charge in [-0.1, -0.05) is 44.2 Å². The summed E-state index contributed by atoms with van der Waals surface area (Å²) in [5.41, 5.74) is 0.347. The maximum Gasteiger partial charge on any atom is 0.185 e. The maximum atomic E-state index is 12.9. The molecule has 1 aromatic rings. The van der Waals surface area contributed by atoms with Gasteiger partial charge in [-0.25, -0.2) is 8.42 Å². The highest BCUT2D eigenvalue weighted by atomic mass is 32.2. The van der Waals surface area contributed by atoms with Gasteiger partial charge in [0.25, 0.3) is 0 Å². The molecule has 0 bridgehead atoms. The molecule has 1 aromatic carbocycles. The minimum atomic E-state index is -3.42. The number of rotatable bonds is 2. The van der Waals surface area contributed by atoms with Gasteiger partial charge in [0.1, 0.15) is 0 Å². The lowest BCUT2D eigenvalue weighted by Crippen LogP contribution is -2.48. The zero-order valence-corrected chi connectivity index (χ0v) is 14.1. The lowest BCUT2D eigenvalue weighted by Gasteiger charge is -2.42. The smallest absolute Gasteiger partial charge is 0.185 e. The minimum Gasteiger partial charge on any atom is -0.349 e. The molecule has 2 saturated heterocycles. The fourth-order valence-electron chi connectivity index (χ4n) is 3.83. The molecule has 3 fully saturated rings. The first kappa shape index (κ1) is 15.3. The summed E-state index contributed by atoms with van der Waals surface area (Å²) in [6, 6.07) is 8.62. The highest BCUT2D eigenvalue weighted by molar-refractivity contribution is 8.02. The molecule has 3 aliphatic rings. The van der Waals surface area contributed by atoms with Gasteiger partial charge >= 0.3 is 0 Å². The lowest BCUT2D eigenvalue weighted by molar-refractivity contribution is -0.295. The van der Waals surface area contributed by atoms with E-state index in [1.165, 1.54) is 0 Å². The molecule has 2 heterocycles. The fraction of sp³-hybridized carbons (Fsp3) is 0.588. The van der Waals surface area contributed by atoms with Crippen LogP contribution in [0.1, 0.15) is 37.0 Å². The van der Waals surface area contributed by atoms with Crippen LogP contribution in [0.2, 0.25) is 0 Å². The normalized spacial score (nSPS) is 35.7. The molecule has 4 rings (SSSR count).